The van der Waals surface area contributed by atoms with Crippen molar-refractivity contribution in [1.82, 2.24) is 10.6 Å². The summed E-state index contributed by atoms with van der Waals surface area (Å²) in [6.45, 7) is -0.563. The Kier molecular flexibility index (Phi) is 7.00. The number of nitrogens with one attached hydrogen (secondary N) is 2. The molecule has 0 aliphatic rings. The summed E-state index contributed by atoms with van der Waals surface area (Å²) in [5.41, 5.74) is 1.17. The van der Waals surface area contributed by atoms with Gasteiger partial charge in [-0.2, -0.15) is 0 Å². The molecule has 0 aliphatic heterocycles. The fourth-order valence-corrected chi connectivity index (χ4v) is 3.86. The first-order valence-electron chi connectivity index (χ1n) is 8.87. The van der Waals surface area contributed by atoms with E-state index in [1.807, 2.05) is 24.3 Å². The van der Waals surface area contributed by atoms with Crippen molar-refractivity contribution in [3.63, 3.8) is 0 Å². The molecule has 0 bridgehead atoms. The molecule has 0 spiro atoms. The van der Waals surface area contributed by atoms with E-state index in [2.05, 4.69) is 10.6 Å². The molecule has 6 nitrogen and oxygen atoms in total. The largest absolute Gasteiger partial charge is 0.480 e. The zero-order valence-electron chi connectivity index (χ0n) is 15.6. The predicted molar refractivity (Wildman–Crippen MR) is 117 cm³/mol. The second kappa shape index (κ2) is 9.87. The minimum atomic E-state index is -1.19. The van der Waals surface area contributed by atoms with E-state index in [0.29, 0.717) is 15.5 Å². The van der Waals surface area contributed by atoms with Crippen molar-refractivity contribution in [1.29, 1.82) is 0 Å². The number of hydrogen-bond acceptors (Lipinski definition) is 4. The summed E-state index contributed by atoms with van der Waals surface area (Å²) in [5, 5.41) is 14.3. The van der Waals surface area contributed by atoms with Crippen LogP contribution in [0.4, 0.5) is 0 Å². The second-order valence-electron chi connectivity index (χ2n) is 6.14. The van der Waals surface area contributed by atoms with Crippen molar-refractivity contribution >= 4 is 46.8 Å². The van der Waals surface area contributed by atoms with Crippen LogP contribution in [0.3, 0.4) is 0 Å². The van der Waals surface area contributed by atoms with E-state index >= 15 is 0 Å². The quantitative estimate of drug-likeness (QED) is 0.483. The van der Waals surface area contributed by atoms with Gasteiger partial charge in [-0.3, -0.25) is 14.4 Å². The van der Waals surface area contributed by atoms with Crippen LogP contribution in [-0.4, -0.2) is 29.4 Å². The Balaban J connectivity index is 1.88. The average Bonchev–Trinajstić information content (AvgIpc) is 3.20. The number of benzene rings is 2. The van der Waals surface area contributed by atoms with Gasteiger partial charge >= 0.3 is 5.97 Å². The molecule has 1 aromatic heterocycles. The van der Waals surface area contributed by atoms with Gasteiger partial charge in [0.05, 0.1) is 0 Å². The number of rotatable bonds is 7. The number of carbonyl (C=O) groups is 3. The molecule has 2 amide bonds. The van der Waals surface area contributed by atoms with E-state index in [9.17, 15) is 14.4 Å². The predicted octanol–water partition coefficient (Wildman–Crippen LogP) is 4.04. The number of carboxylic acids is 1. The topological polar surface area (TPSA) is 95.5 Å². The second-order valence-corrected chi connectivity index (χ2v) is 7.66. The lowest BCUT2D eigenvalue weighted by atomic mass is 10.2. The molecule has 0 saturated heterocycles. The molecule has 0 radical (unpaired) electrons. The first-order valence-corrected chi connectivity index (χ1v) is 10.1. The summed E-state index contributed by atoms with van der Waals surface area (Å²) in [7, 11) is 0. The smallest absolute Gasteiger partial charge is 0.322 e. The zero-order valence-corrected chi connectivity index (χ0v) is 17.2. The van der Waals surface area contributed by atoms with Gasteiger partial charge in [-0.1, -0.05) is 48.0 Å². The molecule has 30 heavy (non-hydrogen) atoms. The van der Waals surface area contributed by atoms with Gasteiger partial charge in [0.25, 0.3) is 11.8 Å². The van der Waals surface area contributed by atoms with Gasteiger partial charge in [0.1, 0.15) is 12.2 Å². The molecule has 2 aromatic carbocycles. The summed E-state index contributed by atoms with van der Waals surface area (Å²) < 4.78 is 0. The number of amides is 2. The summed E-state index contributed by atoms with van der Waals surface area (Å²) in [6.07, 6.45) is 1.50. The van der Waals surface area contributed by atoms with Crippen LogP contribution in [0.15, 0.2) is 72.4 Å². The molecule has 8 heteroatoms. The van der Waals surface area contributed by atoms with Crippen molar-refractivity contribution < 1.29 is 19.5 Å². The van der Waals surface area contributed by atoms with E-state index in [1.165, 1.54) is 17.4 Å². The summed E-state index contributed by atoms with van der Waals surface area (Å²) in [5.74, 6) is -2.36. The van der Waals surface area contributed by atoms with Crippen LogP contribution >= 0.6 is 22.9 Å². The van der Waals surface area contributed by atoms with Crippen molar-refractivity contribution in [2.75, 3.05) is 6.54 Å². The highest BCUT2D eigenvalue weighted by Crippen LogP contribution is 2.33. The Morgan fingerprint density at radius 3 is 2.37 bits per heavy atom. The van der Waals surface area contributed by atoms with Gasteiger partial charge in [0, 0.05) is 25.9 Å². The maximum atomic E-state index is 12.5. The fourth-order valence-electron chi connectivity index (χ4n) is 2.57. The molecule has 3 rings (SSSR count). The highest BCUT2D eigenvalue weighted by atomic mass is 35.5. The van der Waals surface area contributed by atoms with Gasteiger partial charge in [0.2, 0.25) is 0 Å². The lowest BCUT2D eigenvalue weighted by Crippen LogP contribution is -2.37. The summed E-state index contributed by atoms with van der Waals surface area (Å²) in [6, 6.07) is 19.5. The van der Waals surface area contributed by atoms with Crippen LogP contribution in [0.2, 0.25) is 5.02 Å². The molecular formula is C22H17ClN2O4S. The Hall–Kier alpha value is -3.42. The van der Waals surface area contributed by atoms with Crippen molar-refractivity contribution in [3.8, 4) is 10.4 Å². The molecule has 0 saturated carbocycles. The van der Waals surface area contributed by atoms with Gasteiger partial charge in [-0.05, 0) is 36.4 Å². The number of carboxylic acid groups (broad SMARTS) is 1. The highest BCUT2D eigenvalue weighted by molar-refractivity contribution is 7.16. The van der Waals surface area contributed by atoms with Crippen LogP contribution in [0.5, 0.6) is 0 Å². The fraction of sp³-hybridized carbons (Fsp3) is 0.0455. The van der Waals surface area contributed by atoms with Crippen molar-refractivity contribution in [2.24, 2.45) is 0 Å². The number of aliphatic carboxylic acids is 1. The third-order valence-corrected chi connectivity index (χ3v) is 5.38. The Labute approximate surface area is 181 Å². The highest BCUT2D eigenvalue weighted by Gasteiger charge is 2.16. The number of thiophene rings is 1. The molecule has 0 atom stereocenters. The third-order valence-electron chi connectivity index (χ3n) is 3.98. The Morgan fingerprint density at radius 2 is 1.67 bits per heavy atom. The lowest BCUT2D eigenvalue weighted by molar-refractivity contribution is -0.137. The molecular weight excluding hydrogens is 424 g/mol. The van der Waals surface area contributed by atoms with Crippen LogP contribution < -0.4 is 10.6 Å². The zero-order chi connectivity index (χ0) is 21.5. The van der Waals surface area contributed by atoms with Gasteiger partial charge in [-0.25, -0.2) is 0 Å². The normalized spacial score (nSPS) is 11.0. The lowest BCUT2D eigenvalue weighted by Gasteiger charge is -2.10. The van der Waals surface area contributed by atoms with E-state index in [0.717, 1.165) is 10.4 Å². The maximum absolute atomic E-state index is 12.5. The molecule has 152 valence electrons. The van der Waals surface area contributed by atoms with Gasteiger partial charge in [-0.15, -0.1) is 11.3 Å². The van der Waals surface area contributed by atoms with Gasteiger partial charge in [0.15, 0.2) is 0 Å². The summed E-state index contributed by atoms with van der Waals surface area (Å²) in [4.78, 5) is 37.3. The van der Waals surface area contributed by atoms with E-state index in [-0.39, 0.29) is 5.70 Å². The van der Waals surface area contributed by atoms with Crippen molar-refractivity contribution in [2.45, 2.75) is 0 Å². The van der Waals surface area contributed by atoms with Crippen LogP contribution in [0.1, 0.15) is 15.2 Å². The molecule has 3 aromatic rings. The molecule has 0 aliphatic carbocycles. The van der Waals surface area contributed by atoms with Crippen LogP contribution in [-0.2, 0) is 9.59 Å². The number of halogens is 1. The molecule has 0 fully saturated rings. The van der Waals surface area contributed by atoms with Gasteiger partial charge < -0.3 is 15.7 Å². The Morgan fingerprint density at radius 1 is 0.967 bits per heavy atom. The molecule has 3 N–H and O–H groups in total. The summed E-state index contributed by atoms with van der Waals surface area (Å²) >= 11 is 7.63. The average molecular weight is 441 g/mol. The monoisotopic (exact) mass is 440 g/mol. The van der Waals surface area contributed by atoms with E-state index in [1.54, 1.807) is 42.5 Å². The standard InChI is InChI=1S/C22H17ClN2O4S/c23-17-9-5-4-8-16(17)19-11-10-15(30-19)12-18(22(29)24-13-20(26)27)25-21(28)14-6-2-1-3-7-14/h1-12H,13H2,(H,24,29)(H,25,28)(H,26,27)/b18-12+. The first-order chi connectivity index (χ1) is 14.4. The minimum absolute atomic E-state index is 0.0577. The number of carbonyl (C=O) groups excluding carboxylic acids is 2. The minimum Gasteiger partial charge on any atom is -0.480 e. The maximum Gasteiger partial charge on any atom is 0.322 e. The van der Waals surface area contributed by atoms with E-state index in [4.69, 9.17) is 16.7 Å². The van der Waals surface area contributed by atoms with Crippen LogP contribution in [0.25, 0.3) is 16.5 Å². The molecule has 1 heterocycles. The third kappa shape index (κ3) is 5.56. The van der Waals surface area contributed by atoms with E-state index < -0.39 is 24.3 Å². The molecule has 0 unspecified atom stereocenters. The first kappa shape index (κ1) is 21.3. The van der Waals surface area contributed by atoms with Crippen LogP contribution in [0, 0.1) is 0 Å². The van der Waals surface area contributed by atoms with Crippen molar-refractivity contribution in [3.05, 3.63) is 87.9 Å². The SMILES string of the molecule is O=C(O)CNC(=O)/C(=C\c1ccc(-c2ccccc2Cl)s1)NC(=O)c1ccccc1. The number of hydrogen-bond donors (Lipinski definition) is 3. The Bertz CT molecular complexity index is 1110.